The highest BCUT2D eigenvalue weighted by molar-refractivity contribution is 7.92. The monoisotopic (exact) mass is 316 g/mol. The summed E-state index contributed by atoms with van der Waals surface area (Å²) in [5.74, 6) is -1.13. The number of hydrogen-bond donors (Lipinski definition) is 1. The fourth-order valence-corrected chi connectivity index (χ4v) is 4.49. The van der Waals surface area contributed by atoms with E-state index in [4.69, 9.17) is 17.3 Å². The highest BCUT2D eigenvalue weighted by atomic mass is 35.5. The van der Waals surface area contributed by atoms with E-state index >= 15 is 0 Å². The Kier molecular flexibility index (Phi) is 3.88. The van der Waals surface area contributed by atoms with E-state index in [9.17, 15) is 13.2 Å². The molecule has 0 aliphatic rings. The van der Waals surface area contributed by atoms with Crippen molar-refractivity contribution >= 4 is 38.9 Å². The maximum absolute atomic E-state index is 12.2. The summed E-state index contributed by atoms with van der Waals surface area (Å²) in [5.41, 5.74) is 5.51. The molecule has 5 nitrogen and oxygen atoms in total. The van der Waals surface area contributed by atoms with Crippen LogP contribution >= 0.6 is 23.1 Å². The van der Waals surface area contributed by atoms with E-state index in [0.29, 0.717) is 17.1 Å². The number of primary amides is 1. The topological polar surface area (TPSA) is 90.1 Å². The largest absolute Gasteiger partial charge is 0.365 e. The Morgan fingerprint density at radius 2 is 1.95 bits per heavy atom. The van der Waals surface area contributed by atoms with Gasteiger partial charge in [-0.05, 0) is 17.1 Å². The number of aromatic nitrogens is 1. The lowest BCUT2D eigenvalue weighted by atomic mass is 10.2. The van der Waals surface area contributed by atoms with E-state index in [2.05, 4.69) is 4.37 Å². The fraction of sp³-hybridized carbons (Fsp3) is 0.0909. The number of sulfone groups is 1. The van der Waals surface area contributed by atoms with Gasteiger partial charge in [0, 0.05) is 0 Å². The van der Waals surface area contributed by atoms with Gasteiger partial charge in [0.25, 0.3) is 5.91 Å². The summed E-state index contributed by atoms with van der Waals surface area (Å²) in [4.78, 5) is 11.2. The Morgan fingerprint density at radius 3 is 2.53 bits per heavy atom. The predicted molar refractivity (Wildman–Crippen MR) is 73.0 cm³/mol. The van der Waals surface area contributed by atoms with Crippen molar-refractivity contribution in [2.24, 2.45) is 5.73 Å². The van der Waals surface area contributed by atoms with Gasteiger partial charge in [0.1, 0.15) is 5.56 Å². The number of amides is 1. The molecule has 0 bridgehead atoms. The van der Waals surface area contributed by atoms with Crippen molar-refractivity contribution in [1.82, 2.24) is 4.37 Å². The van der Waals surface area contributed by atoms with Crippen molar-refractivity contribution in [3.63, 3.8) is 0 Å². The van der Waals surface area contributed by atoms with Crippen LogP contribution in [0.2, 0.25) is 5.15 Å². The van der Waals surface area contributed by atoms with Crippen molar-refractivity contribution in [2.75, 3.05) is 0 Å². The van der Waals surface area contributed by atoms with Crippen molar-refractivity contribution in [1.29, 1.82) is 0 Å². The van der Waals surface area contributed by atoms with Crippen LogP contribution in [-0.4, -0.2) is 18.7 Å². The summed E-state index contributed by atoms with van der Waals surface area (Å²) in [5, 5.41) is -0.177. The molecule has 8 heteroatoms. The molecule has 100 valence electrons. The molecule has 0 saturated heterocycles. The van der Waals surface area contributed by atoms with Crippen molar-refractivity contribution in [3.05, 3.63) is 46.6 Å². The van der Waals surface area contributed by atoms with Gasteiger partial charge in [-0.15, -0.1) is 0 Å². The van der Waals surface area contributed by atoms with E-state index in [1.54, 1.807) is 30.3 Å². The third-order valence-corrected chi connectivity index (χ3v) is 5.83. The van der Waals surface area contributed by atoms with Gasteiger partial charge < -0.3 is 5.73 Å². The molecule has 0 atom stereocenters. The van der Waals surface area contributed by atoms with Crippen LogP contribution in [0.25, 0.3) is 0 Å². The van der Waals surface area contributed by atoms with Crippen LogP contribution in [0, 0.1) is 0 Å². The summed E-state index contributed by atoms with van der Waals surface area (Å²) >= 11 is 6.34. The maximum Gasteiger partial charge on any atom is 0.254 e. The van der Waals surface area contributed by atoms with Gasteiger partial charge in [0.15, 0.2) is 19.2 Å². The number of carbonyl (C=O) groups excluding carboxylic acids is 1. The van der Waals surface area contributed by atoms with Gasteiger partial charge in [0.05, 0.1) is 5.75 Å². The van der Waals surface area contributed by atoms with E-state index < -0.39 is 15.7 Å². The minimum atomic E-state index is -3.70. The Hall–Kier alpha value is -1.44. The molecule has 1 amide bonds. The van der Waals surface area contributed by atoms with Crippen LogP contribution in [0.15, 0.2) is 34.5 Å². The molecule has 1 aromatic carbocycles. The van der Waals surface area contributed by atoms with Crippen LogP contribution in [0.5, 0.6) is 0 Å². The number of hydrogen-bond acceptors (Lipinski definition) is 5. The molecule has 2 rings (SSSR count). The van der Waals surface area contributed by atoms with E-state index in [1.807, 2.05) is 0 Å². The zero-order chi connectivity index (χ0) is 14.0. The van der Waals surface area contributed by atoms with Gasteiger partial charge in [-0.25, -0.2) is 8.42 Å². The van der Waals surface area contributed by atoms with Crippen molar-refractivity contribution in [2.45, 2.75) is 9.96 Å². The second-order valence-electron chi connectivity index (χ2n) is 3.74. The van der Waals surface area contributed by atoms with Crippen molar-refractivity contribution < 1.29 is 13.2 Å². The molecule has 0 aliphatic heterocycles. The van der Waals surface area contributed by atoms with E-state index in [-0.39, 0.29) is 20.7 Å². The maximum atomic E-state index is 12.2. The summed E-state index contributed by atoms with van der Waals surface area (Å²) in [7, 11) is -3.70. The van der Waals surface area contributed by atoms with E-state index in [0.717, 1.165) is 0 Å². The number of nitrogens with two attached hydrogens (primary N) is 1. The third kappa shape index (κ3) is 2.94. The molecule has 1 heterocycles. The first-order valence-corrected chi connectivity index (χ1v) is 7.94. The first-order valence-electron chi connectivity index (χ1n) is 5.13. The SMILES string of the molecule is NC(=O)c1c(Cl)nsc1S(=O)(=O)Cc1ccccc1. The van der Waals surface area contributed by atoms with Crippen molar-refractivity contribution in [3.8, 4) is 0 Å². The third-order valence-electron chi connectivity index (χ3n) is 2.35. The van der Waals surface area contributed by atoms with Crippen LogP contribution in [0.3, 0.4) is 0 Å². The molecule has 0 aliphatic carbocycles. The number of benzene rings is 1. The standard InChI is InChI=1S/C11H9ClN2O3S2/c12-9-8(10(13)15)11(18-14-9)19(16,17)6-7-4-2-1-3-5-7/h1-5H,6H2,(H2,13,15). The molecule has 0 fully saturated rings. The van der Waals surface area contributed by atoms with Gasteiger partial charge in [0.2, 0.25) is 0 Å². The normalized spacial score (nSPS) is 11.4. The fourth-order valence-electron chi connectivity index (χ4n) is 1.53. The van der Waals surface area contributed by atoms with Gasteiger partial charge in [-0.2, -0.15) is 4.37 Å². The second-order valence-corrected chi connectivity index (χ2v) is 7.06. The van der Waals surface area contributed by atoms with Gasteiger partial charge in [-0.1, -0.05) is 41.9 Å². The van der Waals surface area contributed by atoms with Gasteiger partial charge >= 0.3 is 0 Å². The molecular formula is C11H9ClN2O3S2. The summed E-state index contributed by atoms with van der Waals surface area (Å²) in [6, 6.07) is 8.63. The highest BCUT2D eigenvalue weighted by Gasteiger charge is 2.27. The average molecular weight is 317 g/mol. The Bertz CT molecular complexity index is 711. The summed E-state index contributed by atoms with van der Waals surface area (Å²) in [6.07, 6.45) is 0. The minimum Gasteiger partial charge on any atom is -0.365 e. The smallest absolute Gasteiger partial charge is 0.254 e. The second kappa shape index (κ2) is 5.28. The number of rotatable bonds is 4. The number of carbonyl (C=O) groups is 1. The van der Waals surface area contributed by atoms with Crippen LogP contribution in [0.1, 0.15) is 15.9 Å². The molecule has 2 N–H and O–H groups in total. The quantitative estimate of drug-likeness (QED) is 0.932. The molecule has 2 aromatic rings. The molecule has 0 unspecified atom stereocenters. The lowest BCUT2D eigenvalue weighted by Crippen LogP contribution is -2.15. The first kappa shape index (κ1) is 14.0. The molecular weight excluding hydrogens is 308 g/mol. The first-order chi connectivity index (χ1) is 8.92. The number of halogens is 1. The lowest BCUT2D eigenvalue weighted by molar-refractivity contribution is 0.0998. The Balaban J connectivity index is 2.44. The van der Waals surface area contributed by atoms with Crippen LogP contribution in [0.4, 0.5) is 0 Å². The van der Waals surface area contributed by atoms with Crippen LogP contribution < -0.4 is 5.73 Å². The zero-order valence-corrected chi connectivity index (χ0v) is 11.9. The molecule has 0 spiro atoms. The predicted octanol–water partition coefficient (Wildman–Crippen LogP) is 1.87. The Labute approximate surface area is 119 Å². The highest BCUT2D eigenvalue weighted by Crippen LogP contribution is 2.29. The lowest BCUT2D eigenvalue weighted by Gasteiger charge is -2.03. The average Bonchev–Trinajstić information content (AvgIpc) is 2.72. The summed E-state index contributed by atoms with van der Waals surface area (Å²) in [6.45, 7) is 0. The van der Waals surface area contributed by atoms with E-state index in [1.165, 1.54) is 0 Å². The Morgan fingerprint density at radius 1 is 1.32 bits per heavy atom. The van der Waals surface area contributed by atoms with Gasteiger partial charge in [-0.3, -0.25) is 4.79 Å². The number of nitrogens with zero attached hydrogens (tertiary/aromatic N) is 1. The molecule has 0 radical (unpaired) electrons. The molecule has 0 saturated carbocycles. The summed E-state index contributed by atoms with van der Waals surface area (Å²) < 4.78 is 28.0. The molecule has 1 aromatic heterocycles. The molecule has 19 heavy (non-hydrogen) atoms. The zero-order valence-electron chi connectivity index (χ0n) is 9.54. The van der Waals surface area contributed by atoms with Crippen LogP contribution in [-0.2, 0) is 15.6 Å². The minimum absolute atomic E-state index is 0.177.